The molecule has 0 atom stereocenters. The minimum atomic E-state index is -4.65. The molecular weight excluding hydrogens is 340 g/mol. The van der Waals surface area contributed by atoms with E-state index in [1.165, 1.54) is 30.3 Å². The maximum atomic E-state index is 13.4. The molecule has 0 radical (unpaired) electrons. The summed E-state index contributed by atoms with van der Waals surface area (Å²) < 4.78 is 52.0. The number of nitrogens with one attached hydrogen (secondary N) is 2. The second-order valence-electron chi connectivity index (χ2n) is 5.03. The zero-order valence-corrected chi connectivity index (χ0v) is 12.9. The average molecular weight is 354 g/mol. The molecule has 2 N–H and O–H groups in total. The van der Waals surface area contributed by atoms with Crippen LogP contribution in [0.2, 0.25) is 0 Å². The van der Waals surface area contributed by atoms with Gasteiger partial charge in [0, 0.05) is 13.1 Å². The molecule has 2 aromatic rings. The van der Waals surface area contributed by atoms with Crippen LogP contribution < -0.4 is 10.6 Å². The summed E-state index contributed by atoms with van der Waals surface area (Å²) in [4.78, 5) is 23.7. The Balaban J connectivity index is 1.90. The van der Waals surface area contributed by atoms with Crippen molar-refractivity contribution in [1.29, 1.82) is 0 Å². The summed E-state index contributed by atoms with van der Waals surface area (Å²) in [5.74, 6) is -2.28. The number of carbonyl (C=O) groups excluding carboxylic acids is 2. The Labute approximate surface area is 140 Å². The average Bonchev–Trinajstić information content (AvgIpc) is 2.58. The summed E-state index contributed by atoms with van der Waals surface area (Å²) in [7, 11) is 0. The van der Waals surface area contributed by atoms with E-state index >= 15 is 0 Å². The molecule has 2 aromatic carbocycles. The molecule has 0 spiro atoms. The van der Waals surface area contributed by atoms with Gasteiger partial charge in [0.2, 0.25) is 0 Å². The Hall–Kier alpha value is -2.90. The van der Waals surface area contributed by atoms with Gasteiger partial charge in [-0.25, -0.2) is 4.39 Å². The second-order valence-corrected chi connectivity index (χ2v) is 5.03. The molecule has 25 heavy (non-hydrogen) atoms. The third kappa shape index (κ3) is 4.79. The number of rotatable bonds is 5. The quantitative estimate of drug-likeness (QED) is 0.641. The number of amides is 2. The highest BCUT2D eigenvalue weighted by atomic mass is 19.4. The molecule has 0 aromatic heterocycles. The highest BCUT2D eigenvalue weighted by Gasteiger charge is 2.34. The van der Waals surface area contributed by atoms with Gasteiger partial charge < -0.3 is 10.6 Å². The predicted molar refractivity (Wildman–Crippen MR) is 82.5 cm³/mol. The lowest BCUT2D eigenvalue weighted by Gasteiger charge is -2.13. The molecule has 0 saturated carbocycles. The van der Waals surface area contributed by atoms with Crippen molar-refractivity contribution in [1.82, 2.24) is 10.6 Å². The van der Waals surface area contributed by atoms with E-state index in [0.717, 1.165) is 18.2 Å². The van der Waals surface area contributed by atoms with Crippen LogP contribution in [0.3, 0.4) is 0 Å². The van der Waals surface area contributed by atoms with Crippen molar-refractivity contribution >= 4 is 11.8 Å². The molecule has 4 nitrogen and oxygen atoms in total. The first-order valence-corrected chi connectivity index (χ1v) is 7.28. The lowest BCUT2D eigenvalue weighted by Crippen LogP contribution is -2.35. The van der Waals surface area contributed by atoms with Gasteiger partial charge in [0.15, 0.2) is 0 Å². The summed E-state index contributed by atoms with van der Waals surface area (Å²) in [6.45, 7) is -0.168. The zero-order chi connectivity index (χ0) is 18.4. The Kier molecular flexibility index (Phi) is 5.74. The molecule has 2 amide bonds. The first-order chi connectivity index (χ1) is 11.8. The van der Waals surface area contributed by atoms with Crippen LogP contribution in [0.25, 0.3) is 0 Å². The van der Waals surface area contributed by atoms with E-state index in [4.69, 9.17) is 0 Å². The monoisotopic (exact) mass is 354 g/mol. The van der Waals surface area contributed by atoms with Crippen molar-refractivity contribution in [3.8, 4) is 0 Å². The maximum absolute atomic E-state index is 13.4. The van der Waals surface area contributed by atoms with Crippen LogP contribution in [0.4, 0.5) is 17.6 Å². The van der Waals surface area contributed by atoms with Crippen LogP contribution in [0.5, 0.6) is 0 Å². The number of benzene rings is 2. The Bertz CT molecular complexity index is 775. The standard InChI is InChI=1S/C17H14F4N2O2/c18-14-8-4-2-6-12(14)16(25)23-10-9-22-15(24)11-5-1-3-7-13(11)17(19,20)21/h1-8H,9-10H2,(H,22,24)(H,23,25). The minimum Gasteiger partial charge on any atom is -0.350 e. The van der Waals surface area contributed by atoms with Gasteiger partial charge in [-0.3, -0.25) is 9.59 Å². The van der Waals surface area contributed by atoms with E-state index in [-0.39, 0.29) is 18.7 Å². The van der Waals surface area contributed by atoms with Gasteiger partial charge in [0.25, 0.3) is 11.8 Å². The van der Waals surface area contributed by atoms with E-state index in [1.807, 2.05) is 0 Å². The fourth-order valence-corrected chi connectivity index (χ4v) is 2.12. The molecule has 0 heterocycles. The predicted octanol–water partition coefficient (Wildman–Crippen LogP) is 3.00. The van der Waals surface area contributed by atoms with E-state index in [0.29, 0.717) is 0 Å². The second kappa shape index (κ2) is 7.78. The van der Waals surface area contributed by atoms with Crippen molar-refractivity contribution in [3.63, 3.8) is 0 Å². The normalized spacial score (nSPS) is 11.0. The number of carbonyl (C=O) groups is 2. The largest absolute Gasteiger partial charge is 0.417 e. The minimum absolute atomic E-state index is 0.0624. The summed E-state index contributed by atoms with van der Waals surface area (Å²) in [6.07, 6.45) is -4.65. The fraction of sp³-hybridized carbons (Fsp3) is 0.176. The van der Waals surface area contributed by atoms with Gasteiger partial charge in [-0.2, -0.15) is 13.2 Å². The van der Waals surface area contributed by atoms with Crippen molar-refractivity contribution in [2.24, 2.45) is 0 Å². The van der Waals surface area contributed by atoms with Crippen molar-refractivity contribution in [3.05, 3.63) is 71.0 Å². The lowest BCUT2D eigenvalue weighted by atomic mass is 10.1. The Morgan fingerprint density at radius 2 is 1.28 bits per heavy atom. The third-order valence-corrected chi connectivity index (χ3v) is 3.29. The molecular formula is C17H14F4N2O2. The smallest absolute Gasteiger partial charge is 0.350 e. The highest BCUT2D eigenvalue weighted by Crippen LogP contribution is 2.31. The molecule has 0 aliphatic heterocycles. The fourth-order valence-electron chi connectivity index (χ4n) is 2.12. The Morgan fingerprint density at radius 3 is 1.84 bits per heavy atom. The van der Waals surface area contributed by atoms with Crippen LogP contribution in [0.1, 0.15) is 26.3 Å². The molecule has 0 fully saturated rings. The van der Waals surface area contributed by atoms with Crippen LogP contribution in [-0.4, -0.2) is 24.9 Å². The van der Waals surface area contributed by atoms with Crippen LogP contribution in [-0.2, 0) is 6.18 Å². The SMILES string of the molecule is O=C(NCCNC(=O)c1ccccc1C(F)(F)F)c1ccccc1F. The molecule has 0 saturated heterocycles. The summed E-state index contributed by atoms with van der Waals surface area (Å²) in [5, 5.41) is 4.66. The summed E-state index contributed by atoms with van der Waals surface area (Å²) in [5.41, 5.74) is -1.70. The molecule has 0 aliphatic rings. The zero-order valence-electron chi connectivity index (χ0n) is 12.9. The van der Waals surface area contributed by atoms with E-state index in [2.05, 4.69) is 10.6 Å². The molecule has 2 rings (SSSR count). The van der Waals surface area contributed by atoms with Gasteiger partial charge >= 0.3 is 6.18 Å². The van der Waals surface area contributed by atoms with Crippen molar-refractivity contribution in [2.45, 2.75) is 6.18 Å². The van der Waals surface area contributed by atoms with E-state index in [1.54, 1.807) is 0 Å². The number of hydrogen-bond acceptors (Lipinski definition) is 2. The number of hydrogen-bond donors (Lipinski definition) is 2. The molecule has 132 valence electrons. The third-order valence-electron chi connectivity index (χ3n) is 3.29. The highest BCUT2D eigenvalue weighted by molar-refractivity contribution is 5.96. The van der Waals surface area contributed by atoms with E-state index < -0.39 is 34.9 Å². The number of halogens is 4. The maximum Gasteiger partial charge on any atom is 0.417 e. The summed E-state index contributed by atoms with van der Waals surface area (Å²) >= 11 is 0. The van der Waals surface area contributed by atoms with Gasteiger partial charge in [-0.15, -0.1) is 0 Å². The van der Waals surface area contributed by atoms with Gasteiger partial charge in [0.1, 0.15) is 5.82 Å². The van der Waals surface area contributed by atoms with Crippen LogP contribution in [0.15, 0.2) is 48.5 Å². The van der Waals surface area contributed by atoms with E-state index in [9.17, 15) is 27.2 Å². The van der Waals surface area contributed by atoms with Gasteiger partial charge in [0.05, 0.1) is 16.7 Å². The molecule has 8 heteroatoms. The van der Waals surface area contributed by atoms with Gasteiger partial charge in [-0.05, 0) is 24.3 Å². The van der Waals surface area contributed by atoms with Crippen LogP contribution in [0, 0.1) is 5.82 Å². The van der Waals surface area contributed by atoms with Crippen molar-refractivity contribution in [2.75, 3.05) is 13.1 Å². The Morgan fingerprint density at radius 1 is 0.800 bits per heavy atom. The number of alkyl halides is 3. The van der Waals surface area contributed by atoms with Crippen LogP contribution >= 0.6 is 0 Å². The van der Waals surface area contributed by atoms with Gasteiger partial charge in [-0.1, -0.05) is 24.3 Å². The molecule has 0 unspecified atom stereocenters. The summed E-state index contributed by atoms with van der Waals surface area (Å²) in [6, 6.07) is 9.75. The van der Waals surface area contributed by atoms with Crippen molar-refractivity contribution < 1.29 is 27.2 Å². The first-order valence-electron chi connectivity index (χ1n) is 7.28. The molecule has 0 aliphatic carbocycles. The lowest BCUT2D eigenvalue weighted by molar-refractivity contribution is -0.137. The molecule has 0 bridgehead atoms. The topological polar surface area (TPSA) is 58.2 Å². The first kappa shape index (κ1) is 18.4.